The molecule has 1 N–H and O–H groups in total. The van der Waals surface area contributed by atoms with Gasteiger partial charge in [0.15, 0.2) is 0 Å². The highest BCUT2D eigenvalue weighted by molar-refractivity contribution is 14.1. The van der Waals surface area contributed by atoms with E-state index in [1.54, 1.807) is 0 Å². The third-order valence-electron chi connectivity index (χ3n) is 2.91. The van der Waals surface area contributed by atoms with Gasteiger partial charge in [-0.1, -0.05) is 22.6 Å². The summed E-state index contributed by atoms with van der Waals surface area (Å²) in [7, 11) is 0. The molecule has 1 saturated heterocycles. The van der Waals surface area contributed by atoms with Crippen molar-refractivity contribution in [1.82, 2.24) is 4.90 Å². The Morgan fingerprint density at radius 1 is 1.31 bits per heavy atom. The molecule has 2 atom stereocenters. The normalized spacial score (nSPS) is 36.5. The van der Waals surface area contributed by atoms with Crippen LogP contribution in [0.5, 0.6) is 0 Å². The summed E-state index contributed by atoms with van der Waals surface area (Å²) in [6, 6.07) is 1.11. The summed E-state index contributed by atoms with van der Waals surface area (Å²) in [4.78, 5) is 2.53. The van der Waals surface area contributed by atoms with E-state index in [1.165, 1.54) is 17.4 Å². The quantitative estimate of drug-likeness (QED) is 0.636. The maximum atomic E-state index is 9.57. The zero-order valence-corrected chi connectivity index (χ0v) is 10.7. The van der Waals surface area contributed by atoms with E-state index >= 15 is 0 Å². The van der Waals surface area contributed by atoms with Crippen LogP contribution in [0, 0.1) is 0 Å². The zero-order chi connectivity index (χ0) is 9.84. The van der Waals surface area contributed by atoms with Gasteiger partial charge in [0.25, 0.3) is 0 Å². The van der Waals surface area contributed by atoms with Crippen molar-refractivity contribution in [2.24, 2.45) is 0 Å². The molecule has 0 aliphatic carbocycles. The Labute approximate surface area is 94.8 Å². The van der Waals surface area contributed by atoms with Gasteiger partial charge in [0.05, 0.1) is 6.10 Å². The average Bonchev–Trinajstić information content (AvgIpc) is 2.02. The molecule has 1 aliphatic heterocycles. The van der Waals surface area contributed by atoms with Crippen molar-refractivity contribution in [2.75, 3.05) is 11.0 Å². The Kier molecular flexibility index (Phi) is 4.97. The van der Waals surface area contributed by atoms with Crippen molar-refractivity contribution in [3.05, 3.63) is 0 Å². The second-order valence-electron chi connectivity index (χ2n) is 4.10. The molecule has 0 aromatic heterocycles. The summed E-state index contributed by atoms with van der Waals surface area (Å²) in [6.07, 6.45) is 3.10. The van der Waals surface area contributed by atoms with Crippen LogP contribution in [-0.2, 0) is 0 Å². The SMILES string of the molecule is CC1CC(O)CC(C)N1CCCI. The van der Waals surface area contributed by atoms with Crippen molar-refractivity contribution in [2.45, 2.75) is 51.3 Å². The smallest absolute Gasteiger partial charge is 0.0569 e. The minimum atomic E-state index is -0.0687. The second kappa shape index (κ2) is 5.51. The van der Waals surface area contributed by atoms with Gasteiger partial charge in [-0.2, -0.15) is 0 Å². The van der Waals surface area contributed by atoms with E-state index in [9.17, 15) is 5.11 Å². The minimum absolute atomic E-state index is 0.0687. The minimum Gasteiger partial charge on any atom is -0.393 e. The first-order chi connectivity index (χ1) is 6.15. The molecule has 0 saturated carbocycles. The maximum absolute atomic E-state index is 9.57. The van der Waals surface area contributed by atoms with E-state index in [0.717, 1.165) is 12.8 Å². The van der Waals surface area contributed by atoms with E-state index in [0.29, 0.717) is 12.1 Å². The molecule has 0 aromatic rings. The molecule has 1 fully saturated rings. The van der Waals surface area contributed by atoms with Gasteiger partial charge in [-0.25, -0.2) is 0 Å². The first-order valence-electron chi connectivity index (χ1n) is 5.15. The van der Waals surface area contributed by atoms with Crippen LogP contribution in [0.1, 0.15) is 33.1 Å². The van der Waals surface area contributed by atoms with Gasteiger partial charge < -0.3 is 5.11 Å². The van der Waals surface area contributed by atoms with E-state index < -0.39 is 0 Å². The number of halogens is 1. The summed E-state index contributed by atoms with van der Waals surface area (Å²) in [5.74, 6) is 0. The molecule has 1 aliphatic rings. The molecule has 0 spiro atoms. The summed E-state index contributed by atoms with van der Waals surface area (Å²) >= 11 is 2.43. The standard InChI is InChI=1S/C10H20INO/c1-8-6-10(13)7-9(2)12(8)5-3-4-11/h8-10,13H,3-7H2,1-2H3. The lowest BCUT2D eigenvalue weighted by Crippen LogP contribution is -2.48. The Morgan fingerprint density at radius 3 is 2.31 bits per heavy atom. The largest absolute Gasteiger partial charge is 0.393 e. The van der Waals surface area contributed by atoms with Crippen LogP contribution in [0.4, 0.5) is 0 Å². The fourth-order valence-electron chi connectivity index (χ4n) is 2.27. The van der Waals surface area contributed by atoms with Gasteiger partial charge in [0.2, 0.25) is 0 Å². The number of likely N-dealkylation sites (tertiary alicyclic amines) is 1. The van der Waals surface area contributed by atoms with Gasteiger partial charge in [0.1, 0.15) is 0 Å². The van der Waals surface area contributed by atoms with Gasteiger partial charge in [-0.15, -0.1) is 0 Å². The van der Waals surface area contributed by atoms with Crippen LogP contribution in [0.15, 0.2) is 0 Å². The lowest BCUT2D eigenvalue weighted by atomic mass is 9.95. The Morgan fingerprint density at radius 2 is 1.85 bits per heavy atom. The number of rotatable bonds is 3. The molecule has 13 heavy (non-hydrogen) atoms. The predicted molar refractivity (Wildman–Crippen MR) is 64.4 cm³/mol. The van der Waals surface area contributed by atoms with Crippen molar-refractivity contribution in [3.8, 4) is 0 Å². The van der Waals surface area contributed by atoms with E-state index in [4.69, 9.17) is 0 Å². The number of hydrogen-bond donors (Lipinski definition) is 1. The highest BCUT2D eigenvalue weighted by atomic mass is 127. The number of aliphatic hydroxyl groups is 1. The van der Waals surface area contributed by atoms with Gasteiger partial charge in [-0.3, -0.25) is 4.90 Å². The van der Waals surface area contributed by atoms with Gasteiger partial charge >= 0.3 is 0 Å². The van der Waals surface area contributed by atoms with Crippen molar-refractivity contribution < 1.29 is 5.11 Å². The average molecular weight is 297 g/mol. The van der Waals surface area contributed by atoms with E-state index in [-0.39, 0.29) is 6.10 Å². The van der Waals surface area contributed by atoms with Gasteiger partial charge in [0, 0.05) is 16.5 Å². The first-order valence-corrected chi connectivity index (χ1v) is 6.67. The lowest BCUT2D eigenvalue weighted by Gasteiger charge is -2.41. The van der Waals surface area contributed by atoms with Crippen molar-refractivity contribution >= 4 is 22.6 Å². The second-order valence-corrected chi connectivity index (χ2v) is 5.18. The Bertz CT molecular complexity index is 142. The molecule has 0 amide bonds. The molecule has 2 nitrogen and oxygen atoms in total. The highest BCUT2D eigenvalue weighted by Crippen LogP contribution is 2.23. The monoisotopic (exact) mass is 297 g/mol. The van der Waals surface area contributed by atoms with Crippen LogP contribution in [0.25, 0.3) is 0 Å². The maximum Gasteiger partial charge on any atom is 0.0569 e. The van der Waals surface area contributed by atoms with Crippen LogP contribution < -0.4 is 0 Å². The van der Waals surface area contributed by atoms with Crippen molar-refractivity contribution in [1.29, 1.82) is 0 Å². The lowest BCUT2D eigenvalue weighted by molar-refractivity contribution is 0.0139. The zero-order valence-electron chi connectivity index (χ0n) is 8.54. The third-order valence-corrected chi connectivity index (χ3v) is 3.67. The molecular formula is C10H20INO. The summed E-state index contributed by atoms with van der Waals surface area (Å²) in [6.45, 7) is 5.65. The number of alkyl halides is 1. The van der Waals surface area contributed by atoms with E-state index in [1.807, 2.05) is 0 Å². The molecular weight excluding hydrogens is 277 g/mol. The summed E-state index contributed by atoms with van der Waals surface area (Å²) in [5.41, 5.74) is 0. The fraction of sp³-hybridized carbons (Fsp3) is 1.00. The number of aliphatic hydroxyl groups excluding tert-OH is 1. The summed E-state index contributed by atoms with van der Waals surface area (Å²) in [5, 5.41) is 9.57. The molecule has 2 unspecified atom stereocenters. The molecule has 0 bridgehead atoms. The molecule has 3 heteroatoms. The number of nitrogens with zero attached hydrogens (tertiary/aromatic N) is 1. The van der Waals surface area contributed by atoms with Crippen LogP contribution in [0.2, 0.25) is 0 Å². The highest BCUT2D eigenvalue weighted by Gasteiger charge is 2.28. The molecule has 0 radical (unpaired) electrons. The summed E-state index contributed by atoms with van der Waals surface area (Å²) < 4.78 is 1.23. The topological polar surface area (TPSA) is 23.5 Å². The van der Waals surface area contributed by atoms with Crippen LogP contribution in [-0.4, -0.2) is 39.2 Å². The number of piperidine rings is 1. The molecule has 1 heterocycles. The molecule has 1 rings (SSSR count). The van der Waals surface area contributed by atoms with Crippen LogP contribution in [0.3, 0.4) is 0 Å². The van der Waals surface area contributed by atoms with E-state index in [2.05, 4.69) is 41.3 Å². The molecule has 78 valence electrons. The fourth-order valence-corrected chi connectivity index (χ4v) is 2.61. The van der Waals surface area contributed by atoms with Crippen molar-refractivity contribution in [3.63, 3.8) is 0 Å². The van der Waals surface area contributed by atoms with Crippen LogP contribution >= 0.6 is 22.6 Å². The van der Waals surface area contributed by atoms with Gasteiger partial charge in [-0.05, 0) is 39.7 Å². The third kappa shape index (κ3) is 3.36. The number of hydrogen-bond acceptors (Lipinski definition) is 2. The Balaban J connectivity index is 2.41. The predicted octanol–water partition coefficient (Wildman–Crippen LogP) is 2.05. The Hall–Kier alpha value is 0.650. The molecule has 0 aromatic carbocycles. The first kappa shape index (κ1) is 11.7.